The Kier molecular flexibility index (Phi) is 2.29. The Hall–Kier alpha value is -0.800. The molecular weight excluding hydrogens is 188 g/mol. The van der Waals surface area contributed by atoms with Gasteiger partial charge in [0, 0.05) is 6.04 Å². The van der Waals surface area contributed by atoms with E-state index in [0.29, 0.717) is 12.0 Å². The molecule has 0 aromatic carbocycles. The second-order valence-electron chi connectivity index (χ2n) is 4.71. The molecule has 82 valence electrons. The first kappa shape index (κ1) is 9.43. The largest absolute Gasteiger partial charge is 0.468 e. The van der Waals surface area contributed by atoms with E-state index in [1.165, 1.54) is 25.8 Å². The van der Waals surface area contributed by atoms with Crippen molar-refractivity contribution >= 4 is 0 Å². The van der Waals surface area contributed by atoms with Crippen LogP contribution in [0.1, 0.15) is 31.1 Å². The predicted octanol–water partition coefficient (Wildman–Crippen LogP) is 1.76. The Bertz CT molecular complexity index is 318. The van der Waals surface area contributed by atoms with Crippen LogP contribution in [0, 0.1) is 5.92 Å². The first-order valence-electron chi connectivity index (χ1n) is 5.89. The molecule has 2 unspecified atom stereocenters. The SMILES string of the molecule is NCC1CCN(C2CC2)C1c1ccco1. The summed E-state index contributed by atoms with van der Waals surface area (Å²) in [6, 6.07) is 5.31. The highest BCUT2D eigenvalue weighted by atomic mass is 16.3. The predicted molar refractivity (Wildman–Crippen MR) is 58.3 cm³/mol. The van der Waals surface area contributed by atoms with E-state index in [1.807, 2.05) is 6.07 Å². The van der Waals surface area contributed by atoms with Crippen molar-refractivity contribution in [2.24, 2.45) is 11.7 Å². The summed E-state index contributed by atoms with van der Waals surface area (Å²) in [7, 11) is 0. The fraction of sp³-hybridized carbons (Fsp3) is 0.667. The molecule has 3 heteroatoms. The molecular formula is C12H18N2O. The molecule has 1 saturated heterocycles. The van der Waals surface area contributed by atoms with Gasteiger partial charge in [0.15, 0.2) is 0 Å². The zero-order valence-electron chi connectivity index (χ0n) is 8.93. The molecule has 3 rings (SSSR count). The molecule has 0 radical (unpaired) electrons. The number of likely N-dealkylation sites (tertiary alicyclic amines) is 1. The van der Waals surface area contributed by atoms with Crippen molar-refractivity contribution in [1.82, 2.24) is 4.90 Å². The summed E-state index contributed by atoms with van der Waals surface area (Å²) < 4.78 is 5.56. The van der Waals surface area contributed by atoms with Crippen molar-refractivity contribution in [3.63, 3.8) is 0 Å². The van der Waals surface area contributed by atoms with Gasteiger partial charge in [0.2, 0.25) is 0 Å². The zero-order chi connectivity index (χ0) is 10.3. The van der Waals surface area contributed by atoms with Crippen molar-refractivity contribution in [2.45, 2.75) is 31.3 Å². The lowest BCUT2D eigenvalue weighted by Crippen LogP contribution is -2.29. The first-order chi connectivity index (χ1) is 7.40. The second kappa shape index (κ2) is 3.65. The number of rotatable bonds is 3. The van der Waals surface area contributed by atoms with Gasteiger partial charge in [0.05, 0.1) is 12.3 Å². The highest BCUT2D eigenvalue weighted by Gasteiger charge is 2.43. The summed E-state index contributed by atoms with van der Waals surface area (Å²) in [5.74, 6) is 1.69. The molecule has 0 bridgehead atoms. The van der Waals surface area contributed by atoms with Crippen molar-refractivity contribution < 1.29 is 4.42 Å². The van der Waals surface area contributed by atoms with Crippen LogP contribution in [-0.2, 0) is 0 Å². The van der Waals surface area contributed by atoms with Crippen LogP contribution in [0.3, 0.4) is 0 Å². The topological polar surface area (TPSA) is 42.4 Å². The van der Waals surface area contributed by atoms with Crippen molar-refractivity contribution in [3.8, 4) is 0 Å². The second-order valence-corrected chi connectivity index (χ2v) is 4.71. The van der Waals surface area contributed by atoms with Gasteiger partial charge in [0.25, 0.3) is 0 Å². The van der Waals surface area contributed by atoms with Gasteiger partial charge in [-0.15, -0.1) is 0 Å². The molecule has 2 fully saturated rings. The number of hydrogen-bond donors (Lipinski definition) is 1. The van der Waals surface area contributed by atoms with Gasteiger partial charge >= 0.3 is 0 Å². The van der Waals surface area contributed by atoms with Gasteiger partial charge in [0.1, 0.15) is 5.76 Å². The van der Waals surface area contributed by atoms with E-state index in [0.717, 1.165) is 18.3 Å². The highest BCUT2D eigenvalue weighted by Crippen LogP contribution is 2.43. The summed E-state index contributed by atoms with van der Waals surface area (Å²) in [5, 5.41) is 0. The first-order valence-corrected chi connectivity index (χ1v) is 5.89. The Morgan fingerprint density at radius 2 is 2.27 bits per heavy atom. The third kappa shape index (κ3) is 1.60. The van der Waals surface area contributed by atoms with Gasteiger partial charge in [-0.1, -0.05) is 0 Å². The molecule has 2 atom stereocenters. The Balaban J connectivity index is 1.85. The Labute approximate surface area is 90.2 Å². The van der Waals surface area contributed by atoms with E-state index in [1.54, 1.807) is 6.26 Å². The van der Waals surface area contributed by atoms with Gasteiger partial charge in [-0.05, 0) is 50.4 Å². The average molecular weight is 206 g/mol. The number of furan rings is 1. The lowest BCUT2D eigenvalue weighted by molar-refractivity contribution is 0.192. The monoisotopic (exact) mass is 206 g/mol. The average Bonchev–Trinajstić information content (AvgIpc) is 2.83. The van der Waals surface area contributed by atoms with Crippen molar-refractivity contribution in [2.75, 3.05) is 13.1 Å². The van der Waals surface area contributed by atoms with Gasteiger partial charge in [-0.25, -0.2) is 0 Å². The molecule has 15 heavy (non-hydrogen) atoms. The van der Waals surface area contributed by atoms with Crippen LogP contribution in [0.25, 0.3) is 0 Å². The fourth-order valence-electron chi connectivity index (χ4n) is 2.80. The van der Waals surface area contributed by atoms with Gasteiger partial charge < -0.3 is 10.2 Å². The maximum absolute atomic E-state index is 5.84. The van der Waals surface area contributed by atoms with E-state index in [2.05, 4.69) is 11.0 Å². The summed E-state index contributed by atoms with van der Waals surface area (Å²) in [5.41, 5.74) is 5.84. The molecule has 1 aromatic rings. The normalized spacial score (nSPS) is 32.3. The van der Waals surface area contributed by atoms with E-state index < -0.39 is 0 Å². The number of nitrogens with zero attached hydrogens (tertiary/aromatic N) is 1. The van der Waals surface area contributed by atoms with E-state index in [4.69, 9.17) is 10.2 Å². The minimum atomic E-state index is 0.442. The lowest BCUT2D eigenvalue weighted by atomic mass is 9.98. The molecule has 0 spiro atoms. The van der Waals surface area contributed by atoms with Crippen LogP contribution in [0.4, 0.5) is 0 Å². The molecule has 3 nitrogen and oxygen atoms in total. The quantitative estimate of drug-likeness (QED) is 0.819. The van der Waals surface area contributed by atoms with Crippen molar-refractivity contribution in [3.05, 3.63) is 24.2 Å². The third-order valence-corrected chi connectivity index (χ3v) is 3.72. The summed E-state index contributed by atoms with van der Waals surface area (Å²) in [6.45, 7) is 1.96. The highest BCUT2D eigenvalue weighted by molar-refractivity contribution is 5.11. The Morgan fingerprint density at radius 1 is 1.40 bits per heavy atom. The minimum Gasteiger partial charge on any atom is -0.468 e. The Morgan fingerprint density at radius 3 is 2.87 bits per heavy atom. The van der Waals surface area contributed by atoms with Crippen molar-refractivity contribution in [1.29, 1.82) is 0 Å². The molecule has 2 aliphatic rings. The summed E-state index contributed by atoms with van der Waals surface area (Å²) >= 11 is 0. The van der Waals surface area contributed by atoms with Gasteiger partial charge in [-0.3, -0.25) is 4.90 Å². The van der Waals surface area contributed by atoms with Gasteiger partial charge in [-0.2, -0.15) is 0 Å². The lowest BCUT2D eigenvalue weighted by Gasteiger charge is -2.25. The molecule has 1 aromatic heterocycles. The summed E-state index contributed by atoms with van der Waals surface area (Å²) in [6.07, 6.45) is 5.70. The smallest absolute Gasteiger partial charge is 0.121 e. The zero-order valence-corrected chi connectivity index (χ0v) is 8.93. The van der Waals surface area contributed by atoms with E-state index in [-0.39, 0.29) is 0 Å². The third-order valence-electron chi connectivity index (χ3n) is 3.72. The molecule has 1 saturated carbocycles. The molecule has 2 heterocycles. The number of nitrogens with two attached hydrogens (primary N) is 1. The minimum absolute atomic E-state index is 0.442. The van der Waals surface area contributed by atoms with E-state index in [9.17, 15) is 0 Å². The standard InChI is InChI=1S/C12H18N2O/c13-8-9-5-6-14(10-3-4-10)12(9)11-2-1-7-15-11/h1-2,7,9-10,12H,3-6,8,13H2. The maximum Gasteiger partial charge on any atom is 0.121 e. The summed E-state index contributed by atoms with van der Waals surface area (Å²) in [4.78, 5) is 2.59. The fourth-order valence-corrected chi connectivity index (χ4v) is 2.80. The van der Waals surface area contributed by atoms with Crippen LogP contribution in [0.15, 0.2) is 22.8 Å². The van der Waals surface area contributed by atoms with Crippen LogP contribution in [0.2, 0.25) is 0 Å². The molecule has 2 N–H and O–H groups in total. The van der Waals surface area contributed by atoms with Crippen LogP contribution in [-0.4, -0.2) is 24.0 Å². The molecule has 0 amide bonds. The molecule has 1 aliphatic carbocycles. The van der Waals surface area contributed by atoms with Crippen LogP contribution in [0.5, 0.6) is 0 Å². The van der Waals surface area contributed by atoms with Crippen LogP contribution < -0.4 is 5.73 Å². The molecule has 1 aliphatic heterocycles. The van der Waals surface area contributed by atoms with Crippen LogP contribution >= 0.6 is 0 Å². The maximum atomic E-state index is 5.84. The number of hydrogen-bond acceptors (Lipinski definition) is 3. The van der Waals surface area contributed by atoms with E-state index >= 15 is 0 Å².